The van der Waals surface area contributed by atoms with Crippen LogP contribution in [0.5, 0.6) is 0 Å². The average molecular weight is 274 g/mol. The van der Waals surface area contributed by atoms with Crippen molar-refractivity contribution in [1.82, 2.24) is 4.57 Å². The maximum atomic E-state index is 13.2. The zero-order chi connectivity index (χ0) is 13.4. The topological polar surface area (TPSA) is 4.93 Å². The maximum Gasteiger partial charge on any atom is 0.123 e. The number of benzene rings is 2. The van der Waals surface area contributed by atoms with E-state index in [9.17, 15) is 4.39 Å². The molecule has 0 aliphatic heterocycles. The van der Waals surface area contributed by atoms with E-state index in [2.05, 4.69) is 4.57 Å². The van der Waals surface area contributed by atoms with Crippen LogP contribution in [0, 0.1) is 12.7 Å². The van der Waals surface area contributed by atoms with Crippen molar-refractivity contribution in [1.29, 1.82) is 0 Å². The molecule has 0 unspecified atom stereocenters. The predicted octanol–water partition coefficient (Wildman–Crippen LogP) is 4.79. The Morgan fingerprint density at radius 2 is 1.95 bits per heavy atom. The fourth-order valence-corrected chi connectivity index (χ4v) is 2.57. The summed E-state index contributed by atoms with van der Waals surface area (Å²) in [4.78, 5) is 0. The van der Waals surface area contributed by atoms with Gasteiger partial charge in [0.1, 0.15) is 5.82 Å². The smallest absolute Gasteiger partial charge is 0.123 e. The van der Waals surface area contributed by atoms with Crippen molar-refractivity contribution in [2.75, 3.05) is 0 Å². The Balaban J connectivity index is 2.01. The Labute approximate surface area is 116 Å². The van der Waals surface area contributed by atoms with Crippen LogP contribution < -0.4 is 0 Å². The van der Waals surface area contributed by atoms with Gasteiger partial charge in [0.25, 0.3) is 0 Å². The van der Waals surface area contributed by atoms with Crippen molar-refractivity contribution >= 4 is 22.5 Å². The van der Waals surface area contributed by atoms with E-state index in [1.54, 1.807) is 12.1 Å². The SMILES string of the molecule is Cc1ccc(Cn2ccc3cc(F)ccc32)c(Cl)c1. The molecule has 0 saturated carbocycles. The summed E-state index contributed by atoms with van der Waals surface area (Å²) in [7, 11) is 0. The van der Waals surface area contributed by atoms with Crippen LogP contribution in [-0.2, 0) is 6.54 Å². The first-order valence-electron chi connectivity index (χ1n) is 6.13. The van der Waals surface area contributed by atoms with Gasteiger partial charge in [-0.05, 0) is 48.4 Å². The molecule has 0 N–H and O–H groups in total. The highest BCUT2D eigenvalue weighted by atomic mass is 35.5. The lowest BCUT2D eigenvalue weighted by atomic mass is 10.1. The standard InChI is InChI=1S/C16H13ClFN/c1-11-2-3-13(15(17)8-11)10-19-7-6-12-9-14(18)4-5-16(12)19/h2-9H,10H2,1H3. The normalized spacial score (nSPS) is 11.1. The number of hydrogen-bond donors (Lipinski definition) is 0. The molecule has 3 heteroatoms. The lowest BCUT2D eigenvalue weighted by Gasteiger charge is -2.08. The van der Waals surface area contributed by atoms with Gasteiger partial charge >= 0.3 is 0 Å². The van der Waals surface area contributed by atoms with Crippen LogP contribution in [-0.4, -0.2) is 4.57 Å². The zero-order valence-corrected chi connectivity index (χ0v) is 11.3. The van der Waals surface area contributed by atoms with E-state index >= 15 is 0 Å². The Hall–Kier alpha value is -1.80. The molecule has 0 radical (unpaired) electrons. The summed E-state index contributed by atoms with van der Waals surface area (Å²) in [5, 5.41) is 1.67. The molecular weight excluding hydrogens is 261 g/mol. The van der Waals surface area contributed by atoms with Crippen LogP contribution in [0.15, 0.2) is 48.7 Å². The van der Waals surface area contributed by atoms with Crippen molar-refractivity contribution in [3.05, 3.63) is 70.6 Å². The van der Waals surface area contributed by atoms with Gasteiger partial charge in [-0.1, -0.05) is 23.7 Å². The minimum atomic E-state index is -0.210. The molecule has 1 aromatic heterocycles. The Morgan fingerprint density at radius 3 is 2.74 bits per heavy atom. The highest BCUT2D eigenvalue weighted by Gasteiger charge is 2.05. The van der Waals surface area contributed by atoms with Crippen LogP contribution in [0.25, 0.3) is 10.9 Å². The van der Waals surface area contributed by atoms with Gasteiger partial charge in [-0.25, -0.2) is 4.39 Å². The average Bonchev–Trinajstić information content (AvgIpc) is 2.75. The molecule has 3 aromatic rings. The molecule has 0 aliphatic carbocycles. The Kier molecular flexibility index (Phi) is 3.03. The van der Waals surface area contributed by atoms with Gasteiger partial charge in [-0.3, -0.25) is 0 Å². The Morgan fingerprint density at radius 1 is 1.11 bits per heavy atom. The first-order valence-corrected chi connectivity index (χ1v) is 6.51. The van der Waals surface area contributed by atoms with Gasteiger partial charge in [0.15, 0.2) is 0 Å². The molecule has 0 spiro atoms. The summed E-state index contributed by atoms with van der Waals surface area (Å²) in [6.45, 7) is 2.71. The summed E-state index contributed by atoms with van der Waals surface area (Å²) < 4.78 is 15.2. The Bertz CT molecular complexity index is 746. The second-order valence-corrected chi connectivity index (χ2v) is 5.15. The predicted molar refractivity (Wildman–Crippen MR) is 77.2 cm³/mol. The second-order valence-electron chi connectivity index (χ2n) is 4.74. The van der Waals surface area contributed by atoms with Crippen molar-refractivity contribution < 1.29 is 4.39 Å². The molecule has 0 bridgehead atoms. The molecule has 19 heavy (non-hydrogen) atoms. The number of hydrogen-bond acceptors (Lipinski definition) is 0. The van der Waals surface area contributed by atoms with Gasteiger partial charge in [0.2, 0.25) is 0 Å². The number of nitrogens with zero attached hydrogens (tertiary/aromatic N) is 1. The molecule has 0 atom stereocenters. The summed E-state index contributed by atoms with van der Waals surface area (Å²) in [6.07, 6.45) is 1.96. The number of fused-ring (bicyclic) bond motifs is 1. The molecule has 0 aliphatic rings. The van der Waals surface area contributed by atoms with Crippen LogP contribution >= 0.6 is 11.6 Å². The van der Waals surface area contributed by atoms with Crippen LogP contribution in [0.4, 0.5) is 4.39 Å². The van der Waals surface area contributed by atoms with Crippen molar-refractivity contribution in [2.45, 2.75) is 13.5 Å². The van der Waals surface area contributed by atoms with Gasteiger partial charge in [0, 0.05) is 28.7 Å². The highest BCUT2D eigenvalue weighted by molar-refractivity contribution is 6.31. The number of halogens is 2. The van der Waals surface area contributed by atoms with E-state index in [0.717, 1.165) is 27.1 Å². The molecule has 1 heterocycles. The number of rotatable bonds is 2. The highest BCUT2D eigenvalue weighted by Crippen LogP contribution is 2.22. The van der Waals surface area contributed by atoms with E-state index < -0.39 is 0 Å². The van der Waals surface area contributed by atoms with E-state index in [0.29, 0.717) is 6.54 Å². The lowest BCUT2D eigenvalue weighted by Crippen LogP contribution is -1.98. The number of aromatic nitrogens is 1. The molecule has 3 rings (SSSR count). The lowest BCUT2D eigenvalue weighted by molar-refractivity contribution is 0.629. The molecule has 96 valence electrons. The molecule has 1 nitrogen and oxygen atoms in total. The maximum absolute atomic E-state index is 13.2. The summed E-state index contributed by atoms with van der Waals surface area (Å²) in [6, 6.07) is 12.8. The third-order valence-electron chi connectivity index (χ3n) is 3.28. The summed E-state index contributed by atoms with van der Waals surface area (Å²) >= 11 is 6.25. The van der Waals surface area contributed by atoms with Gasteiger partial charge in [-0.15, -0.1) is 0 Å². The molecule has 0 amide bonds. The van der Waals surface area contributed by atoms with Crippen molar-refractivity contribution in [3.63, 3.8) is 0 Å². The summed E-state index contributed by atoms with van der Waals surface area (Å²) in [5.41, 5.74) is 3.22. The van der Waals surface area contributed by atoms with Gasteiger partial charge < -0.3 is 4.57 Å². The fraction of sp³-hybridized carbons (Fsp3) is 0.125. The molecule has 2 aromatic carbocycles. The third-order valence-corrected chi connectivity index (χ3v) is 3.63. The van der Waals surface area contributed by atoms with E-state index in [4.69, 9.17) is 11.6 Å². The number of aryl methyl sites for hydroxylation is 1. The quantitative estimate of drug-likeness (QED) is 0.633. The van der Waals surface area contributed by atoms with Crippen molar-refractivity contribution in [2.24, 2.45) is 0 Å². The largest absolute Gasteiger partial charge is 0.343 e. The van der Waals surface area contributed by atoms with E-state index in [-0.39, 0.29) is 5.82 Å². The minimum absolute atomic E-state index is 0.210. The molecular formula is C16H13ClFN. The minimum Gasteiger partial charge on any atom is -0.343 e. The summed E-state index contributed by atoms with van der Waals surface area (Å²) in [5.74, 6) is -0.210. The molecule has 0 fully saturated rings. The third kappa shape index (κ3) is 2.36. The van der Waals surface area contributed by atoms with Crippen LogP contribution in [0.1, 0.15) is 11.1 Å². The van der Waals surface area contributed by atoms with Gasteiger partial charge in [-0.2, -0.15) is 0 Å². The first kappa shape index (κ1) is 12.2. The van der Waals surface area contributed by atoms with Crippen molar-refractivity contribution in [3.8, 4) is 0 Å². The van der Waals surface area contributed by atoms with Crippen LogP contribution in [0.3, 0.4) is 0 Å². The zero-order valence-electron chi connectivity index (χ0n) is 10.5. The molecule has 0 saturated heterocycles. The monoisotopic (exact) mass is 273 g/mol. The fourth-order valence-electron chi connectivity index (χ4n) is 2.27. The van der Waals surface area contributed by atoms with Crippen LogP contribution in [0.2, 0.25) is 5.02 Å². The van der Waals surface area contributed by atoms with E-state index in [1.165, 1.54) is 6.07 Å². The van der Waals surface area contributed by atoms with E-state index in [1.807, 2.05) is 37.4 Å². The second kappa shape index (κ2) is 4.71. The first-order chi connectivity index (χ1) is 9.13. The van der Waals surface area contributed by atoms with Gasteiger partial charge in [0.05, 0.1) is 0 Å².